The van der Waals surface area contributed by atoms with Gasteiger partial charge in [0.15, 0.2) is 0 Å². The maximum absolute atomic E-state index is 9.81. The molecule has 0 saturated heterocycles. The molecule has 4 heteroatoms. The van der Waals surface area contributed by atoms with Gasteiger partial charge in [-0.25, -0.2) is 9.97 Å². The third-order valence-corrected chi connectivity index (χ3v) is 3.54. The lowest BCUT2D eigenvalue weighted by Gasteiger charge is -2.08. The molecule has 2 heterocycles. The van der Waals surface area contributed by atoms with E-state index in [9.17, 15) is 5.11 Å². The molecule has 0 saturated carbocycles. The number of hydrogen-bond donors (Lipinski definition) is 1. The van der Waals surface area contributed by atoms with E-state index in [1.807, 2.05) is 0 Å². The van der Waals surface area contributed by atoms with Gasteiger partial charge in [0.05, 0.1) is 11.8 Å². The van der Waals surface area contributed by atoms with Crippen molar-refractivity contribution in [1.82, 2.24) is 9.97 Å². The first-order valence-corrected chi connectivity index (χ1v) is 6.40. The lowest BCUT2D eigenvalue weighted by Crippen LogP contribution is -2.11. The van der Waals surface area contributed by atoms with Gasteiger partial charge in [-0.2, -0.15) is 0 Å². The summed E-state index contributed by atoms with van der Waals surface area (Å²) in [5, 5.41) is 10.9. The number of aromatic nitrogens is 2. The van der Waals surface area contributed by atoms with Gasteiger partial charge < -0.3 is 5.11 Å². The highest BCUT2D eigenvalue weighted by Gasteiger charge is 2.11. The summed E-state index contributed by atoms with van der Waals surface area (Å²) in [6.07, 6.45) is 3.76. The van der Waals surface area contributed by atoms with E-state index in [2.05, 4.69) is 29.9 Å². The second kappa shape index (κ2) is 4.89. The Morgan fingerprint density at radius 3 is 3.00 bits per heavy atom. The summed E-state index contributed by atoms with van der Waals surface area (Å²) < 4.78 is 0. The van der Waals surface area contributed by atoms with Crippen LogP contribution in [0.15, 0.2) is 12.4 Å². The SMILES string of the molecule is CCCC(O)Cc1ncnc2sc(C)cc12. The van der Waals surface area contributed by atoms with E-state index in [-0.39, 0.29) is 6.10 Å². The molecule has 0 aliphatic rings. The quantitative estimate of drug-likeness (QED) is 0.887. The summed E-state index contributed by atoms with van der Waals surface area (Å²) in [7, 11) is 0. The topological polar surface area (TPSA) is 46.0 Å². The monoisotopic (exact) mass is 236 g/mol. The highest BCUT2D eigenvalue weighted by atomic mass is 32.1. The lowest BCUT2D eigenvalue weighted by molar-refractivity contribution is 0.163. The zero-order chi connectivity index (χ0) is 11.5. The highest BCUT2D eigenvalue weighted by Crippen LogP contribution is 2.25. The van der Waals surface area contributed by atoms with E-state index in [0.717, 1.165) is 28.8 Å². The van der Waals surface area contributed by atoms with Crippen molar-refractivity contribution in [1.29, 1.82) is 0 Å². The van der Waals surface area contributed by atoms with Crippen LogP contribution in [0.3, 0.4) is 0 Å². The second-order valence-corrected chi connectivity index (χ2v) is 5.28. The molecule has 86 valence electrons. The fourth-order valence-corrected chi connectivity index (χ4v) is 2.71. The molecule has 0 aliphatic heterocycles. The first kappa shape index (κ1) is 11.5. The van der Waals surface area contributed by atoms with Gasteiger partial charge in [-0.3, -0.25) is 0 Å². The molecule has 0 spiro atoms. The summed E-state index contributed by atoms with van der Waals surface area (Å²) in [6, 6.07) is 2.11. The Morgan fingerprint density at radius 2 is 2.25 bits per heavy atom. The summed E-state index contributed by atoms with van der Waals surface area (Å²) in [5.41, 5.74) is 0.968. The van der Waals surface area contributed by atoms with E-state index in [0.29, 0.717) is 6.42 Å². The normalized spacial score (nSPS) is 13.2. The lowest BCUT2D eigenvalue weighted by atomic mass is 10.1. The van der Waals surface area contributed by atoms with E-state index in [1.54, 1.807) is 17.7 Å². The Kier molecular flexibility index (Phi) is 3.51. The minimum atomic E-state index is -0.289. The van der Waals surface area contributed by atoms with Crippen molar-refractivity contribution >= 4 is 21.6 Å². The Hall–Kier alpha value is -1.00. The molecule has 2 rings (SSSR count). The largest absolute Gasteiger partial charge is 0.393 e. The molecular formula is C12H16N2OS. The van der Waals surface area contributed by atoms with E-state index < -0.39 is 0 Å². The van der Waals surface area contributed by atoms with Crippen molar-refractivity contribution in [2.75, 3.05) is 0 Å². The molecule has 3 nitrogen and oxygen atoms in total. The molecule has 1 N–H and O–H groups in total. The van der Waals surface area contributed by atoms with Crippen molar-refractivity contribution in [2.45, 2.75) is 39.2 Å². The smallest absolute Gasteiger partial charge is 0.127 e. The average Bonchev–Trinajstić information content (AvgIpc) is 2.60. The van der Waals surface area contributed by atoms with Crippen LogP contribution in [-0.2, 0) is 6.42 Å². The molecular weight excluding hydrogens is 220 g/mol. The van der Waals surface area contributed by atoms with Crippen LogP contribution in [0.2, 0.25) is 0 Å². The van der Waals surface area contributed by atoms with Crippen LogP contribution < -0.4 is 0 Å². The van der Waals surface area contributed by atoms with Crippen molar-refractivity contribution in [3.05, 3.63) is 23.0 Å². The predicted octanol–water partition coefficient (Wildman–Crippen LogP) is 2.70. The first-order valence-electron chi connectivity index (χ1n) is 5.58. The Bertz CT molecular complexity index is 481. The Labute approximate surface area is 99.2 Å². The molecule has 1 atom stereocenters. The average molecular weight is 236 g/mol. The van der Waals surface area contributed by atoms with Crippen LogP contribution in [0.1, 0.15) is 30.3 Å². The van der Waals surface area contributed by atoms with E-state index >= 15 is 0 Å². The van der Waals surface area contributed by atoms with Crippen LogP contribution in [0.5, 0.6) is 0 Å². The number of nitrogens with zero attached hydrogens (tertiary/aromatic N) is 2. The molecule has 0 bridgehead atoms. The second-order valence-electron chi connectivity index (χ2n) is 4.04. The molecule has 0 radical (unpaired) electrons. The molecule has 16 heavy (non-hydrogen) atoms. The minimum absolute atomic E-state index is 0.289. The first-order chi connectivity index (χ1) is 7.70. The van der Waals surface area contributed by atoms with Gasteiger partial charge in [-0.05, 0) is 19.4 Å². The van der Waals surface area contributed by atoms with Crippen LogP contribution in [-0.4, -0.2) is 21.2 Å². The van der Waals surface area contributed by atoms with Crippen molar-refractivity contribution in [3.63, 3.8) is 0 Å². The van der Waals surface area contributed by atoms with Crippen molar-refractivity contribution < 1.29 is 5.11 Å². The number of thiophene rings is 1. The number of hydrogen-bond acceptors (Lipinski definition) is 4. The number of fused-ring (bicyclic) bond motifs is 1. The maximum Gasteiger partial charge on any atom is 0.127 e. The van der Waals surface area contributed by atoms with E-state index in [4.69, 9.17) is 0 Å². The third kappa shape index (κ3) is 2.39. The molecule has 1 unspecified atom stereocenters. The third-order valence-electron chi connectivity index (χ3n) is 2.59. The molecule has 2 aromatic heterocycles. The predicted molar refractivity (Wildman–Crippen MR) is 66.8 cm³/mol. The number of aliphatic hydroxyl groups excluding tert-OH is 1. The van der Waals surface area contributed by atoms with E-state index in [1.165, 1.54) is 4.88 Å². The van der Waals surface area contributed by atoms with Gasteiger partial charge >= 0.3 is 0 Å². The fourth-order valence-electron chi connectivity index (χ4n) is 1.85. The van der Waals surface area contributed by atoms with Gasteiger partial charge in [-0.15, -0.1) is 11.3 Å². The Morgan fingerprint density at radius 1 is 1.44 bits per heavy atom. The van der Waals surface area contributed by atoms with Gasteiger partial charge in [0.1, 0.15) is 11.2 Å². The summed E-state index contributed by atoms with van der Waals surface area (Å²) in [6.45, 7) is 4.14. The summed E-state index contributed by atoms with van der Waals surface area (Å²) >= 11 is 1.67. The number of aliphatic hydroxyl groups is 1. The van der Waals surface area contributed by atoms with Gasteiger partial charge in [-0.1, -0.05) is 13.3 Å². The zero-order valence-electron chi connectivity index (χ0n) is 9.60. The Balaban J connectivity index is 2.29. The van der Waals surface area contributed by atoms with Crippen LogP contribution >= 0.6 is 11.3 Å². The van der Waals surface area contributed by atoms with Gasteiger partial charge in [0.2, 0.25) is 0 Å². The van der Waals surface area contributed by atoms with Crippen molar-refractivity contribution in [3.8, 4) is 0 Å². The fraction of sp³-hybridized carbons (Fsp3) is 0.500. The zero-order valence-corrected chi connectivity index (χ0v) is 10.4. The molecule has 0 aromatic carbocycles. The van der Waals surface area contributed by atoms with Gasteiger partial charge in [0.25, 0.3) is 0 Å². The molecule has 2 aromatic rings. The molecule has 0 fully saturated rings. The number of aryl methyl sites for hydroxylation is 1. The van der Waals surface area contributed by atoms with Crippen molar-refractivity contribution in [2.24, 2.45) is 0 Å². The highest BCUT2D eigenvalue weighted by molar-refractivity contribution is 7.18. The minimum Gasteiger partial charge on any atom is -0.393 e. The summed E-state index contributed by atoms with van der Waals surface area (Å²) in [4.78, 5) is 10.8. The standard InChI is InChI=1S/C12H16N2OS/c1-3-4-9(15)6-11-10-5-8(2)16-12(10)14-7-13-11/h5,7,9,15H,3-4,6H2,1-2H3. The van der Waals surface area contributed by atoms with Crippen LogP contribution in [0.4, 0.5) is 0 Å². The molecule has 0 amide bonds. The van der Waals surface area contributed by atoms with Crippen LogP contribution in [0, 0.1) is 6.92 Å². The molecule has 0 aliphatic carbocycles. The van der Waals surface area contributed by atoms with Gasteiger partial charge in [0, 0.05) is 16.7 Å². The number of rotatable bonds is 4. The summed E-state index contributed by atoms with van der Waals surface area (Å²) in [5.74, 6) is 0. The maximum atomic E-state index is 9.81. The van der Waals surface area contributed by atoms with Crippen LogP contribution in [0.25, 0.3) is 10.2 Å².